The Kier molecular flexibility index (Phi) is 8.11. The van der Waals surface area contributed by atoms with Gasteiger partial charge >= 0.3 is 18.3 Å². The zero-order valence-electron chi connectivity index (χ0n) is 22.3. The third kappa shape index (κ3) is 6.74. The van der Waals surface area contributed by atoms with E-state index in [2.05, 4.69) is 15.3 Å². The van der Waals surface area contributed by atoms with Gasteiger partial charge in [-0.15, -0.1) is 0 Å². The second-order valence-corrected chi connectivity index (χ2v) is 11.2. The fourth-order valence-corrected chi connectivity index (χ4v) is 5.81. The van der Waals surface area contributed by atoms with Gasteiger partial charge < -0.3 is 25.8 Å². The second kappa shape index (κ2) is 11.4. The summed E-state index contributed by atoms with van der Waals surface area (Å²) in [6, 6.07) is 7.87. The minimum atomic E-state index is -5.02. The topological polar surface area (TPSA) is 114 Å². The monoisotopic (exact) mass is 629 g/mol. The summed E-state index contributed by atoms with van der Waals surface area (Å²) >= 11 is 6.05. The molecule has 4 N–H and O–H groups in total. The van der Waals surface area contributed by atoms with Crippen molar-refractivity contribution in [3.8, 4) is 17.0 Å². The summed E-state index contributed by atoms with van der Waals surface area (Å²) in [4.78, 5) is 21.2. The Bertz CT molecular complexity index is 1510. The van der Waals surface area contributed by atoms with Crippen LogP contribution >= 0.6 is 11.6 Å². The number of piperidine rings is 1. The predicted molar refractivity (Wildman–Crippen MR) is 146 cm³/mol. The molecule has 0 amide bonds. The first kappa shape index (κ1) is 30.7. The van der Waals surface area contributed by atoms with Gasteiger partial charge in [-0.2, -0.15) is 36.3 Å². The van der Waals surface area contributed by atoms with Gasteiger partial charge in [0.1, 0.15) is 11.9 Å². The van der Waals surface area contributed by atoms with Crippen LogP contribution in [0.15, 0.2) is 48.5 Å². The van der Waals surface area contributed by atoms with Crippen LogP contribution in [0.1, 0.15) is 36.5 Å². The summed E-state index contributed by atoms with van der Waals surface area (Å²) in [5.74, 6) is -1.51. The van der Waals surface area contributed by atoms with E-state index < -0.39 is 47.5 Å². The Morgan fingerprint density at radius 3 is 2.44 bits per heavy atom. The summed E-state index contributed by atoms with van der Waals surface area (Å²) in [7, 11) is 0. The fraction of sp³-hybridized carbons (Fsp3) is 0.393. The highest BCUT2D eigenvalue weighted by Gasteiger charge is 2.46. The van der Waals surface area contributed by atoms with Crippen molar-refractivity contribution < 1.29 is 41.0 Å². The van der Waals surface area contributed by atoms with Crippen molar-refractivity contribution in [2.75, 3.05) is 30.3 Å². The number of nitrogens with two attached hydrogens (primary N) is 1. The van der Waals surface area contributed by atoms with Gasteiger partial charge in [0.05, 0.1) is 5.56 Å². The van der Waals surface area contributed by atoms with E-state index in [1.54, 1.807) is 0 Å². The number of hydrogen-bond acceptors (Lipinski definition) is 7. The van der Waals surface area contributed by atoms with E-state index in [4.69, 9.17) is 22.1 Å². The van der Waals surface area contributed by atoms with Gasteiger partial charge in [-0.3, -0.25) is 4.79 Å². The molecule has 2 saturated heterocycles. The third-order valence-corrected chi connectivity index (χ3v) is 8.08. The number of rotatable bonds is 6. The van der Waals surface area contributed by atoms with Crippen LogP contribution in [0, 0.1) is 5.41 Å². The number of nitrogens with one attached hydrogen (secondary N) is 1. The number of carboxylic acid groups (broad SMARTS) is 1. The molecular formula is C28H26ClF6N5O3. The molecule has 2 aliphatic heterocycles. The van der Waals surface area contributed by atoms with Gasteiger partial charge in [0, 0.05) is 36.3 Å². The first-order valence-electron chi connectivity index (χ1n) is 13.2. The third-order valence-electron chi connectivity index (χ3n) is 7.85. The molecule has 0 aliphatic carbocycles. The second-order valence-electron chi connectivity index (χ2n) is 10.7. The van der Waals surface area contributed by atoms with Crippen LogP contribution in [0.25, 0.3) is 11.1 Å². The van der Waals surface area contributed by atoms with Crippen LogP contribution in [0.3, 0.4) is 0 Å². The lowest BCUT2D eigenvalue weighted by molar-refractivity contribution is -0.198. The molecular weight excluding hydrogens is 604 g/mol. The van der Waals surface area contributed by atoms with E-state index in [0.717, 1.165) is 30.3 Å². The summed E-state index contributed by atoms with van der Waals surface area (Å²) < 4.78 is 89.0. The van der Waals surface area contributed by atoms with Gasteiger partial charge in [0.25, 0.3) is 0 Å². The SMILES string of the molecule is Nc1nc(OC(c2ccc(Cl)cc2-c2cccc(C(F)(F)F)c2)C(F)(F)F)cc(N2CCC3(CC2)CNC(C(=O)O)C3)n1. The zero-order chi connectivity index (χ0) is 31.2. The molecule has 2 aliphatic rings. The van der Waals surface area contributed by atoms with E-state index in [1.807, 2.05) is 4.90 Å². The highest BCUT2D eigenvalue weighted by atomic mass is 35.5. The van der Waals surface area contributed by atoms with Crippen molar-refractivity contribution >= 4 is 29.3 Å². The summed E-state index contributed by atoms with van der Waals surface area (Å²) in [5.41, 5.74) is 3.78. The molecule has 8 nitrogen and oxygen atoms in total. The quantitative estimate of drug-likeness (QED) is 0.280. The number of anilines is 2. The molecule has 0 saturated carbocycles. The fourth-order valence-electron chi connectivity index (χ4n) is 5.63. The van der Waals surface area contributed by atoms with Crippen molar-refractivity contribution in [3.63, 3.8) is 0 Å². The van der Waals surface area contributed by atoms with Crippen LogP contribution in [0.4, 0.5) is 38.1 Å². The molecule has 2 unspecified atom stereocenters. The lowest BCUT2D eigenvalue weighted by Gasteiger charge is -2.39. The van der Waals surface area contributed by atoms with Crippen LogP contribution < -0.4 is 20.7 Å². The van der Waals surface area contributed by atoms with Crippen molar-refractivity contribution in [2.45, 2.75) is 43.8 Å². The molecule has 2 fully saturated rings. The molecule has 1 aromatic heterocycles. The first-order valence-corrected chi connectivity index (χ1v) is 13.6. The lowest BCUT2D eigenvalue weighted by Crippen LogP contribution is -2.41. The number of nitrogen functional groups attached to an aromatic ring is 1. The van der Waals surface area contributed by atoms with Crippen LogP contribution in [0.2, 0.25) is 5.02 Å². The number of aliphatic carboxylic acids is 1. The summed E-state index contributed by atoms with van der Waals surface area (Å²) in [6.45, 7) is 1.44. The van der Waals surface area contributed by atoms with Gasteiger partial charge in [0.15, 0.2) is 0 Å². The van der Waals surface area contributed by atoms with E-state index in [9.17, 15) is 36.2 Å². The van der Waals surface area contributed by atoms with E-state index in [-0.39, 0.29) is 33.3 Å². The molecule has 1 spiro atoms. The largest absolute Gasteiger partial charge is 0.480 e. The van der Waals surface area contributed by atoms with E-state index >= 15 is 0 Å². The van der Waals surface area contributed by atoms with Gasteiger partial charge in [0.2, 0.25) is 17.9 Å². The zero-order valence-corrected chi connectivity index (χ0v) is 23.1. The van der Waals surface area contributed by atoms with Crippen LogP contribution in [-0.4, -0.2) is 52.9 Å². The number of aromatic nitrogens is 2. The molecule has 43 heavy (non-hydrogen) atoms. The predicted octanol–water partition coefficient (Wildman–Crippen LogP) is 6.11. The molecule has 15 heteroatoms. The van der Waals surface area contributed by atoms with Crippen LogP contribution in [0.5, 0.6) is 5.88 Å². The molecule has 0 radical (unpaired) electrons. The number of alkyl halides is 6. The maximum atomic E-state index is 14.5. The number of carbonyl (C=O) groups is 1. The Hall–Kier alpha value is -3.78. The van der Waals surface area contributed by atoms with Crippen molar-refractivity contribution in [3.05, 3.63) is 64.7 Å². The number of ether oxygens (including phenoxy) is 1. The number of nitrogens with zero attached hydrogens (tertiary/aromatic N) is 3. The highest BCUT2D eigenvalue weighted by molar-refractivity contribution is 6.30. The average Bonchev–Trinajstić information content (AvgIpc) is 3.35. The molecule has 5 rings (SSSR count). The van der Waals surface area contributed by atoms with Crippen molar-refractivity contribution in [1.82, 2.24) is 15.3 Å². The lowest BCUT2D eigenvalue weighted by atomic mass is 9.76. The van der Waals surface area contributed by atoms with Crippen LogP contribution in [-0.2, 0) is 11.0 Å². The van der Waals surface area contributed by atoms with Crippen molar-refractivity contribution in [2.24, 2.45) is 5.41 Å². The maximum absolute atomic E-state index is 14.5. The van der Waals surface area contributed by atoms with Crippen molar-refractivity contribution in [1.29, 1.82) is 0 Å². The Morgan fingerprint density at radius 1 is 1.09 bits per heavy atom. The van der Waals surface area contributed by atoms with Gasteiger partial charge in [-0.25, -0.2) is 0 Å². The molecule has 230 valence electrons. The Balaban J connectivity index is 1.43. The Labute approximate surface area is 246 Å². The van der Waals surface area contributed by atoms with E-state index in [0.29, 0.717) is 38.9 Å². The normalized spacial score (nSPS) is 19.4. The number of benzene rings is 2. The standard InChI is InChI=1S/C28H26ClF6N5O3/c29-17-4-5-18(19(11-17)15-2-1-3-16(10-15)27(30,31)32)23(28(33,34)35)43-22-12-21(38-25(36)39-22)40-8-6-26(7-9-40)13-20(24(41)42)37-14-26/h1-5,10-12,20,23,37H,6-9,13-14H2,(H,41,42)(H2,36,38,39). The van der Waals surface area contributed by atoms with Gasteiger partial charge in [-0.05, 0) is 60.1 Å². The number of hydrogen-bond donors (Lipinski definition) is 3. The summed E-state index contributed by atoms with van der Waals surface area (Å²) in [5, 5.41) is 12.4. The smallest absolute Gasteiger partial charge is 0.429 e. The summed E-state index contributed by atoms with van der Waals surface area (Å²) in [6.07, 6.45) is -10.7. The first-order chi connectivity index (χ1) is 20.1. The molecule has 2 atom stereocenters. The molecule has 2 aromatic carbocycles. The molecule has 3 aromatic rings. The van der Waals surface area contributed by atoms with E-state index in [1.165, 1.54) is 18.2 Å². The maximum Gasteiger partial charge on any atom is 0.429 e. The number of halogens is 7. The molecule has 0 bridgehead atoms. The minimum Gasteiger partial charge on any atom is -0.480 e. The van der Waals surface area contributed by atoms with Gasteiger partial charge in [-0.1, -0.05) is 29.8 Å². The number of carboxylic acids is 1. The minimum absolute atomic E-state index is 0.0145. The molecule has 3 heterocycles. The Morgan fingerprint density at radius 2 is 1.81 bits per heavy atom. The highest BCUT2D eigenvalue weighted by Crippen LogP contribution is 2.44. The average molecular weight is 630 g/mol.